The van der Waals surface area contributed by atoms with Gasteiger partial charge in [0.25, 0.3) is 0 Å². The quantitative estimate of drug-likeness (QED) is 0.866. The number of pyridine rings is 1. The average Bonchev–Trinajstić information content (AvgIpc) is 2.28. The third-order valence-corrected chi connectivity index (χ3v) is 3.28. The standard InChI is InChI=1S/C12H13F2NO2/c13-12(14)4-1-9(11(16)17)10(7-12)8-2-5-15-6-3-8/h2-3,5-6,9-10H,1,4,7H2,(H,16,17). The van der Waals surface area contributed by atoms with E-state index in [9.17, 15) is 13.6 Å². The molecule has 2 unspecified atom stereocenters. The van der Waals surface area contributed by atoms with Gasteiger partial charge in [-0.05, 0) is 24.1 Å². The van der Waals surface area contributed by atoms with Crippen LogP contribution in [0, 0.1) is 5.92 Å². The molecule has 1 N–H and O–H groups in total. The molecule has 1 aliphatic carbocycles. The summed E-state index contributed by atoms with van der Waals surface area (Å²) in [6.45, 7) is 0. The summed E-state index contributed by atoms with van der Waals surface area (Å²) < 4.78 is 26.7. The lowest BCUT2D eigenvalue weighted by atomic mass is 9.74. The Bertz CT molecular complexity index is 408. The molecule has 1 aliphatic rings. The summed E-state index contributed by atoms with van der Waals surface area (Å²) in [6.07, 6.45) is 2.29. The van der Waals surface area contributed by atoms with Crippen LogP contribution in [0.1, 0.15) is 30.7 Å². The molecule has 1 aromatic rings. The zero-order valence-electron chi connectivity index (χ0n) is 9.14. The van der Waals surface area contributed by atoms with E-state index >= 15 is 0 Å². The van der Waals surface area contributed by atoms with Gasteiger partial charge in [-0.15, -0.1) is 0 Å². The second-order valence-corrected chi connectivity index (χ2v) is 4.43. The number of carboxylic acid groups (broad SMARTS) is 1. The topological polar surface area (TPSA) is 50.2 Å². The second-order valence-electron chi connectivity index (χ2n) is 4.43. The van der Waals surface area contributed by atoms with Crippen molar-refractivity contribution in [3.8, 4) is 0 Å². The summed E-state index contributed by atoms with van der Waals surface area (Å²) in [5, 5.41) is 9.08. The molecule has 5 heteroatoms. The van der Waals surface area contributed by atoms with Crippen LogP contribution in [-0.2, 0) is 4.79 Å². The first-order valence-electron chi connectivity index (χ1n) is 5.50. The summed E-state index contributed by atoms with van der Waals surface area (Å²) >= 11 is 0. The predicted molar refractivity (Wildman–Crippen MR) is 56.9 cm³/mol. The Hall–Kier alpha value is -1.52. The molecule has 0 saturated heterocycles. The fourth-order valence-corrected chi connectivity index (χ4v) is 2.39. The number of hydrogen-bond donors (Lipinski definition) is 1. The van der Waals surface area contributed by atoms with Gasteiger partial charge < -0.3 is 5.11 Å². The van der Waals surface area contributed by atoms with Crippen LogP contribution >= 0.6 is 0 Å². The Morgan fingerprint density at radius 2 is 2.06 bits per heavy atom. The van der Waals surface area contributed by atoms with Crippen molar-refractivity contribution < 1.29 is 18.7 Å². The van der Waals surface area contributed by atoms with Crippen LogP contribution in [0.3, 0.4) is 0 Å². The van der Waals surface area contributed by atoms with E-state index in [1.54, 1.807) is 12.1 Å². The summed E-state index contributed by atoms with van der Waals surface area (Å²) in [7, 11) is 0. The fourth-order valence-electron chi connectivity index (χ4n) is 2.39. The van der Waals surface area contributed by atoms with Crippen LogP contribution in [0.15, 0.2) is 24.5 Å². The van der Waals surface area contributed by atoms with Crippen molar-refractivity contribution in [3.63, 3.8) is 0 Å². The lowest BCUT2D eigenvalue weighted by Crippen LogP contribution is -2.35. The first kappa shape index (κ1) is 12.0. The average molecular weight is 241 g/mol. The molecule has 1 fully saturated rings. The molecule has 0 amide bonds. The molecule has 2 rings (SSSR count). The van der Waals surface area contributed by atoms with Crippen molar-refractivity contribution in [2.75, 3.05) is 0 Å². The van der Waals surface area contributed by atoms with Crippen molar-refractivity contribution in [2.45, 2.75) is 31.1 Å². The van der Waals surface area contributed by atoms with Crippen molar-refractivity contribution in [2.24, 2.45) is 5.92 Å². The van der Waals surface area contributed by atoms with Gasteiger partial charge in [0.15, 0.2) is 0 Å². The van der Waals surface area contributed by atoms with Gasteiger partial charge in [-0.2, -0.15) is 0 Å². The van der Waals surface area contributed by atoms with Gasteiger partial charge in [0.1, 0.15) is 0 Å². The van der Waals surface area contributed by atoms with Gasteiger partial charge in [-0.1, -0.05) is 0 Å². The van der Waals surface area contributed by atoms with E-state index in [1.165, 1.54) is 12.4 Å². The maximum absolute atomic E-state index is 13.4. The molecule has 1 aromatic heterocycles. The number of carbonyl (C=O) groups is 1. The molecule has 0 aromatic carbocycles. The minimum absolute atomic E-state index is 0.0231. The smallest absolute Gasteiger partial charge is 0.307 e. The van der Waals surface area contributed by atoms with Crippen molar-refractivity contribution in [1.29, 1.82) is 0 Å². The van der Waals surface area contributed by atoms with Crippen molar-refractivity contribution >= 4 is 5.97 Å². The number of halogens is 2. The molecule has 0 bridgehead atoms. The predicted octanol–water partition coefficient (Wildman–Crippen LogP) is 2.69. The highest BCUT2D eigenvalue weighted by Crippen LogP contribution is 2.45. The van der Waals surface area contributed by atoms with Crippen LogP contribution in [0.2, 0.25) is 0 Å². The van der Waals surface area contributed by atoms with E-state index in [1.807, 2.05) is 0 Å². The van der Waals surface area contributed by atoms with Gasteiger partial charge >= 0.3 is 5.97 Å². The number of carboxylic acids is 1. The van der Waals surface area contributed by atoms with E-state index in [0.29, 0.717) is 5.56 Å². The summed E-state index contributed by atoms with van der Waals surface area (Å²) in [4.78, 5) is 14.9. The minimum atomic E-state index is -2.76. The third kappa shape index (κ3) is 2.60. The van der Waals surface area contributed by atoms with Crippen LogP contribution in [0.25, 0.3) is 0 Å². The Kier molecular flexibility index (Phi) is 3.09. The summed E-state index contributed by atoms with van der Waals surface area (Å²) in [5.41, 5.74) is 0.631. The van der Waals surface area contributed by atoms with Crippen molar-refractivity contribution in [3.05, 3.63) is 30.1 Å². The van der Waals surface area contributed by atoms with Gasteiger partial charge in [0.2, 0.25) is 5.92 Å². The lowest BCUT2D eigenvalue weighted by Gasteiger charge is -2.33. The number of rotatable bonds is 2. The Labute approximate surface area is 97.5 Å². The molecule has 0 spiro atoms. The van der Waals surface area contributed by atoms with Crippen LogP contribution in [-0.4, -0.2) is 22.0 Å². The molecule has 1 saturated carbocycles. The minimum Gasteiger partial charge on any atom is -0.481 e. The van der Waals surface area contributed by atoms with Gasteiger partial charge in [-0.3, -0.25) is 9.78 Å². The van der Waals surface area contributed by atoms with E-state index in [0.717, 1.165) is 0 Å². The fraction of sp³-hybridized carbons (Fsp3) is 0.500. The van der Waals surface area contributed by atoms with Gasteiger partial charge in [0.05, 0.1) is 5.92 Å². The molecule has 0 aliphatic heterocycles. The zero-order chi connectivity index (χ0) is 12.5. The zero-order valence-corrected chi connectivity index (χ0v) is 9.14. The van der Waals surface area contributed by atoms with E-state index < -0.39 is 30.1 Å². The first-order chi connectivity index (χ1) is 7.99. The molecule has 1 heterocycles. The van der Waals surface area contributed by atoms with E-state index in [2.05, 4.69) is 4.98 Å². The van der Waals surface area contributed by atoms with Crippen molar-refractivity contribution in [1.82, 2.24) is 4.98 Å². The molecule has 17 heavy (non-hydrogen) atoms. The molecule has 92 valence electrons. The number of hydrogen-bond acceptors (Lipinski definition) is 2. The van der Waals surface area contributed by atoms with Crippen LogP contribution in [0.4, 0.5) is 8.78 Å². The molecule has 2 atom stereocenters. The highest BCUT2D eigenvalue weighted by molar-refractivity contribution is 5.71. The van der Waals surface area contributed by atoms with Gasteiger partial charge in [-0.25, -0.2) is 8.78 Å². The first-order valence-corrected chi connectivity index (χ1v) is 5.50. The number of aliphatic carboxylic acids is 1. The largest absolute Gasteiger partial charge is 0.481 e. The maximum Gasteiger partial charge on any atom is 0.307 e. The molecular weight excluding hydrogens is 228 g/mol. The van der Waals surface area contributed by atoms with Crippen LogP contribution in [0.5, 0.6) is 0 Å². The molecule has 0 radical (unpaired) electrons. The number of alkyl halides is 2. The summed E-state index contributed by atoms with van der Waals surface area (Å²) in [6, 6.07) is 3.23. The Morgan fingerprint density at radius 3 is 2.65 bits per heavy atom. The Morgan fingerprint density at radius 1 is 1.41 bits per heavy atom. The van der Waals surface area contributed by atoms with E-state index in [4.69, 9.17) is 5.11 Å². The maximum atomic E-state index is 13.4. The summed E-state index contributed by atoms with van der Waals surface area (Å²) in [5.74, 6) is -5.11. The van der Waals surface area contributed by atoms with E-state index in [-0.39, 0.29) is 12.8 Å². The number of nitrogens with zero attached hydrogens (tertiary/aromatic N) is 1. The normalized spacial score (nSPS) is 27.6. The van der Waals surface area contributed by atoms with Crippen LogP contribution < -0.4 is 0 Å². The molecular formula is C12H13F2NO2. The third-order valence-electron chi connectivity index (χ3n) is 3.28. The monoisotopic (exact) mass is 241 g/mol. The number of aromatic nitrogens is 1. The lowest BCUT2D eigenvalue weighted by molar-refractivity contribution is -0.147. The highest BCUT2D eigenvalue weighted by atomic mass is 19.3. The molecule has 3 nitrogen and oxygen atoms in total. The second kappa shape index (κ2) is 4.39. The highest BCUT2D eigenvalue weighted by Gasteiger charge is 2.44. The Balaban J connectivity index is 2.29. The van der Waals surface area contributed by atoms with Gasteiger partial charge in [0, 0.05) is 31.2 Å². The SMILES string of the molecule is O=C(O)C1CCC(F)(F)CC1c1ccncc1.